The summed E-state index contributed by atoms with van der Waals surface area (Å²) >= 11 is 0. The van der Waals surface area contributed by atoms with Crippen LogP contribution in [-0.2, 0) is 26.0 Å². The van der Waals surface area contributed by atoms with Gasteiger partial charge in [-0.05, 0) is 71.3 Å². The minimum Gasteiger partial charge on any atom is -0.489 e. The molecule has 7 nitrogen and oxygen atoms in total. The molecule has 0 saturated carbocycles. The summed E-state index contributed by atoms with van der Waals surface area (Å²) in [6.07, 6.45) is 6.72. The molecule has 0 radical (unpaired) electrons. The topological polar surface area (TPSA) is 85.7 Å². The zero-order valence-corrected chi connectivity index (χ0v) is 22.7. The first-order valence-electron chi connectivity index (χ1n) is 13.5. The first-order chi connectivity index (χ1) is 20.6. The Balaban J connectivity index is 1.17. The van der Waals surface area contributed by atoms with Gasteiger partial charge < -0.3 is 9.30 Å². The van der Waals surface area contributed by atoms with Crippen molar-refractivity contribution in [3.8, 4) is 17.6 Å². The minimum atomic E-state index is -0.524. The number of nitrogens with zero attached hydrogens (tertiary/aromatic N) is 5. The predicted octanol–water partition coefficient (Wildman–Crippen LogP) is 6.01. The number of fused-ring (bicyclic) bond motifs is 1. The van der Waals surface area contributed by atoms with Crippen molar-refractivity contribution >= 4 is 10.9 Å². The third-order valence-corrected chi connectivity index (χ3v) is 7.13. The molecular weight excluding hydrogens is 529 g/mol. The van der Waals surface area contributed by atoms with E-state index in [9.17, 15) is 9.18 Å². The Bertz CT molecular complexity index is 1960. The molecule has 0 fully saturated rings. The number of nitriles is 1. The second kappa shape index (κ2) is 11.9. The Morgan fingerprint density at radius 2 is 1.69 bits per heavy atom. The van der Waals surface area contributed by atoms with Crippen LogP contribution >= 0.6 is 0 Å². The number of hydrogen-bond acceptors (Lipinski definition) is 5. The maximum Gasteiger partial charge on any atom is 0.256 e. The van der Waals surface area contributed by atoms with E-state index in [1.54, 1.807) is 41.5 Å². The smallest absolute Gasteiger partial charge is 0.256 e. The highest BCUT2D eigenvalue weighted by molar-refractivity contribution is 5.81. The van der Waals surface area contributed by atoms with Crippen LogP contribution in [0.3, 0.4) is 0 Å². The highest BCUT2D eigenvalue weighted by atomic mass is 19.1. The zero-order chi connectivity index (χ0) is 28.9. The number of rotatable bonds is 9. The summed E-state index contributed by atoms with van der Waals surface area (Å²) < 4.78 is 23.6. The molecule has 0 atom stereocenters. The number of aromatic nitrogens is 4. The maximum atomic E-state index is 14.1. The van der Waals surface area contributed by atoms with E-state index in [0.29, 0.717) is 37.6 Å². The Kier molecular flexibility index (Phi) is 7.56. The number of halogens is 1. The number of hydrogen-bond donors (Lipinski definition) is 0. The monoisotopic (exact) mass is 555 g/mol. The Morgan fingerprint density at radius 3 is 2.48 bits per heavy atom. The molecule has 6 rings (SSSR count). The Labute approximate surface area is 241 Å². The van der Waals surface area contributed by atoms with Crippen LogP contribution in [0.2, 0.25) is 0 Å². The molecule has 0 spiro atoms. The van der Waals surface area contributed by atoms with Gasteiger partial charge in [-0.15, -0.1) is 0 Å². The average Bonchev–Trinajstić information content (AvgIpc) is 3.46. The van der Waals surface area contributed by atoms with Crippen LogP contribution in [0.4, 0.5) is 4.39 Å². The van der Waals surface area contributed by atoms with Crippen LogP contribution < -0.4 is 10.3 Å². The molecule has 0 aliphatic rings. The summed E-state index contributed by atoms with van der Waals surface area (Å²) in [6.45, 7) is 0.885. The summed E-state index contributed by atoms with van der Waals surface area (Å²) in [5.41, 5.74) is 4.40. The van der Waals surface area contributed by atoms with Gasteiger partial charge >= 0.3 is 0 Å². The van der Waals surface area contributed by atoms with Crippen molar-refractivity contribution in [2.75, 3.05) is 0 Å². The predicted molar refractivity (Wildman–Crippen MR) is 158 cm³/mol. The minimum absolute atomic E-state index is 0.0307. The van der Waals surface area contributed by atoms with Crippen LogP contribution in [-0.4, -0.2) is 19.1 Å². The Morgan fingerprint density at radius 1 is 0.857 bits per heavy atom. The summed E-state index contributed by atoms with van der Waals surface area (Å²) in [4.78, 5) is 21.9. The number of aryl methyl sites for hydroxylation is 2. The second-order valence-corrected chi connectivity index (χ2v) is 9.97. The van der Waals surface area contributed by atoms with Gasteiger partial charge in [0, 0.05) is 36.8 Å². The molecule has 0 unspecified atom stereocenters. The van der Waals surface area contributed by atoms with Gasteiger partial charge in [0.25, 0.3) is 5.56 Å². The van der Waals surface area contributed by atoms with E-state index in [4.69, 9.17) is 10.00 Å². The molecule has 0 aliphatic carbocycles. The first kappa shape index (κ1) is 26.7. The molecule has 206 valence electrons. The van der Waals surface area contributed by atoms with Crippen molar-refractivity contribution in [3.63, 3.8) is 0 Å². The van der Waals surface area contributed by atoms with Gasteiger partial charge in [0.2, 0.25) is 0 Å². The zero-order valence-electron chi connectivity index (χ0n) is 22.7. The maximum absolute atomic E-state index is 14.1. The van der Waals surface area contributed by atoms with Gasteiger partial charge in [-0.1, -0.05) is 42.5 Å². The fraction of sp³-hybridized carbons (Fsp3) is 0.118. The third-order valence-electron chi connectivity index (χ3n) is 7.13. The van der Waals surface area contributed by atoms with Crippen molar-refractivity contribution in [2.24, 2.45) is 0 Å². The van der Waals surface area contributed by atoms with E-state index in [1.165, 1.54) is 12.1 Å². The fourth-order valence-corrected chi connectivity index (χ4v) is 4.89. The number of benzene rings is 3. The van der Waals surface area contributed by atoms with E-state index in [1.807, 2.05) is 71.3 Å². The van der Waals surface area contributed by atoms with Gasteiger partial charge in [-0.3, -0.25) is 9.36 Å². The molecule has 3 heterocycles. The number of ether oxygens (including phenoxy) is 1. The largest absolute Gasteiger partial charge is 0.489 e. The van der Waals surface area contributed by atoms with E-state index in [-0.39, 0.29) is 11.1 Å². The summed E-state index contributed by atoms with van der Waals surface area (Å²) in [7, 11) is 0. The van der Waals surface area contributed by atoms with Crippen LogP contribution in [0.15, 0.2) is 115 Å². The van der Waals surface area contributed by atoms with Crippen molar-refractivity contribution in [3.05, 3.63) is 154 Å². The standard InChI is InChI=1S/C34H26FN5O2/c35-31-16-26(6-9-28(31)18-36)21-39-23-37-20-29(39)12-7-24-8-14-33(38-19-24)40-32-17-30(13-10-27(32)11-15-34(40)41)42-22-25-4-2-1-3-5-25/h1-6,8-11,13-17,19-20,23H,7,12,21-22H2. The van der Waals surface area contributed by atoms with E-state index >= 15 is 0 Å². The summed E-state index contributed by atoms with van der Waals surface area (Å²) in [5, 5.41) is 9.87. The van der Waals surface area contributed by atoms with E-state index in [2.05, 4.69) is 9.97 Å². The average molecular weight is 556 g/mol. The third kappa shape index (κ3) is 5.81. The van der Waals surface area contributed by atoms with Crippen LogP contribution in [0.5, 0.6) is 5.75 Å². The molecular formula is C34H26FN5O2. The van der Waals surface area contributed by atoms with Crippen LogP contribution in [0, 0.1) is 17.1 Å². The molecule has 0 amide bonds. The van der Waals surface area contributed by atoms with Gasteiger partial charge in [-0.25, -0.2) is 14.4 Å². The lowest BCUT2D eigenvalue weighted by Crippen LogP contribution is -2.18. The molecule has 8 heteroatoms. The molecule has 0 N–H and O–H groups in total. The van der Waals surface area contributed by atoms with Crippen molar-refractivity contribution in [1.82, 2.24) is 19.1 Å². The van der Waals surface area contributed by atoms with Crippen LogP contribution in [0.1, 0.15) is 27.9 Å². The Hall–Kier alpha value is -5.55. The normalized spacial score (nSPS) is 11.0. The molecule has 0 saturated heterocycles. The molecule has 3 aromatic heterocycles. The molecule has 6 aromatic rings. The fourth-order valence-electron chi connectivity index (χ4n) is 4.89. The lowest BCUT2D eigenvalue weighted by Gasteiger charge is -2.12. The van der Waals surface area contributed by atoms with E-state index in [0.717, 1.165) is 33.3 Å². The molecule has 3 aromatic carbocycles. The first-order valence-corrected chi connectivity index (χ1v) is 13.5. The van der Waals surface area contributed by atoms with Gasteiger partial charge in [0.05, 0.1) is 17.4 Å². The molecule has 0 bridgehead atoms. The van der Waals surface area contributed by atoms with Crippen LogP contribution in [0.25, 0.3) is 16.7 Å². The molecule has 0 aliphatic heterocycles. The van der Waals surface area contributed by atoms with E-state index < -0.39 is 5.82 Å². The number of imidazole rings is 1. The van der Waals surface area contributed by atoms with Crippen molar-refractivity contribution in [2.45, 2.75) is 26.0 Å². The second-order valence-electron chi connectivity index (χ2n) is 9.97. The molecule has 42 heavy (non-hydrogen) atoms. The summed E-state index contributed by atoms with van der Waals surface area (Å²) in [6, 6.07) is 29.3. The highest BCUT2D eigenvalue weighted by Gasteiger charge is 2.10. The highest BCUT2D eigenvalue weighted by Crippen LogP contribution is 2.23. The van der Waals surface area contributed by atoms with Crippen molar-refractivity contribution < 1.29 is 9.13 Å². The summed E-state index contributed by atoms with van der Waals surface area (Å²) in [5.74, 6) is 0.675. The number of pyridine rings is 2. The van der Waals surface area contributed by atoms with Gasteiger partial charge in [0.1, 0.15) is 30.1 Å². The van der Waals surface area contributed by atoms with Crippen molar-refractivity contribution in [1.29, 1.82) is 5.26 Å². The van der Waals surface area contributed by atoms with Gasteiger partial charge in [-0.2, -0.15) is 5.26 Å². The SMILES string of the molecule is N#Cc1ccc(Cn2cncc2CCc2ccc(-n3c(=O)ccc4ccc(OCc5ccccc5)cc43)nc2)cc1F. The van der Waals surface area contributed by atoms with Gasteiger partial charge in [0.15, 0.2) is 0 Å². The quantitative estimate of drug-likeness (QED) is 0.218. The lowest BCUT2D eigenvalue weighted by atomic mass is 10.1. The lowest BCUT2D eigenvalue weighted by molar-refractivity contribution is 0.306.